The van der Waals surface area contributed by atoms with E-state index in [1.54, 1.807) is 4.90 Å². The van der Waals surface area contributed by atoms with Crippen LogP contribution in [0.5, 0.6) is 0 Å². The lowest BCUT2D eigenvalue weighted by molar-refractivity contribution is -0.137. The Morgan fingerprint density at radius 3 is 2.57 bits per heavy atom. The minimum Gasteiger partial charge on any atom is -0.341 e. The van der Waals surface area contributed by atoms with Gasteiger partial charge in [-0.2, -0.15) is 13.2 Å². The zero-order chi connectivity index (χ0) is 15.5. The maximum atomic E-state index is 12.5. The summed E-state index contributed by atoms with van der Waals surface area (Å²) in [4.78, 5) is 14.0. The average molecular weight is 300 g/mol. The van der Waals surface area contributed by atoms with Crippen LogP contribution in [-0.4, -0.2) is 37.0 Å². The summed E-state index contributed by atoms with van der Waals surface area (Å²) in [7, 11) is 1.87. The molecular formula is C15H19F3N2O. The summed E-state index contributed by atoms with van der Waals surface area (Å²) in [5.41, 5.74) is -0.0773. The fourth-order valence-electron chi connectivity index (χ4n) is 2.54. The monoisotopic (exact) mass is 300 g/mol. The smallest absolute Gasteiger partial charge is 0.341 e. The Labute approximate surface area is 122 Å². The van der Waals surface area contributed by atoms with Gasteiger partial charge in [0, 0.05) is 19.1 Å². The molecule has 1 heterocycles. The molecule has 0 spiro atoms. The molecule has 6 heteroatoms. The first-order valence-corrected chi connectivity index (χ1v) is 7.01. The second kappa shape index (κ2) is 6.47. The molecule has 0 radical (unpaired) electrons. The minimum absolute atomic E-state index is 0.0327. The van der Waals surface area contributed by atoms with Gasteiger partial charge in [0.05, 0.1) is 12.0 Å². The van der Waals surface area contributed by atoms with E-state index in [-0.39, 0.29) is 12.3 Å². The highest BCUT2D eigenvalue weighted by Gasteiger charge is 2.30. The second-order valence-electron chi connectivity index (χ2n) is 5.34. The third-order valence-electron chi connectivity index (χ3n) is 3.82. The Balaban J connectivity index is 1.96. The van der Waals surface area contributed by atoms with Gasteiger partial charge in [-0.1, -0.05) is 12.1 Å². The zero-order valence-electron chi connectivity index (χ0n) is 11.9. The molecule has 1 amide bonds. The van der Waals surface area contributed by atoms with Crippen LogP contribution < -0.4 is 5.32 Å². The maximum absolute atomic E-state index is 12.5. The maximum Gasteiger partial charge on any atom is 0.416 e. The van der Waals surface area contributed by atoms with Gasteiger partial charge in [0.1, 0.15) is 0 Å². The van der Waals surface area contributed by atoms with Gasteiger partial charge in [-0.3, -0.25) is 4.79 Å². The molecule has 1 fully saturated rings. The van der Waals surface area contributed by atoms with Crippen molar-refractivity contribution in [3.8, 4) is 0 Å². The van der Waals surface area contributed by atoms with Crippen LogP contribution in [0.1, 0.15) is 24.0 Å². The lowest BCUT2D eigenvalue weighted by Crippen LogP contribution is -2.47. The molecule has 1 saturated heterocycles. The molecule has 0 bridgehead atoms. The third-order valence-corrected chi connectivity index (χ3v) is 3.82. The number of rotatable bonds is 3. The van der Waals surface area contributed by atoms with Gasteiger partial charge in [-0.15, -0.1) is 0 Å². The van der Waals surface area contributed by atoms with E-state index in [1.165, 1.54) is 12.1 Å². The number of alkyl halides is 3. The highest BCUT2D eigenvalue weighted by Crippen LogP contribution is 2.29. The van der Waals surface area contributed by atoms with Crippen molar-refractivity contribution in [2.45, 2.75) is 31.5 Å². The fourth-order valence-corrected chi connectivity index (χ4v) is 2.54. The minimum atomic E-state index is -4.34. The molecular weight excluding hydrogens is 281 g/mol. The topological polar surface area (TPSA) is 32.3 Å². The van der Waals surface area contributed by atoms with E-state index in [0.717, 1.165) is 31.5 Å². The highest BCUT2D eigenvalue weighted by molar-refractivity contribution is 5.79. The largest absolute Gasteiger partial charge is 0.416 e. The fraction of sp³-hybridized carbons (Fsp3) is 0.533. The van der Waals surface area contributed by atoms with Gasteiger partial charge in [0.2, 0.25) is 5.91 Å². The molecule has 1 aliphatic rings. The number of piperidine rings is 1. The number of nitrogens with one attached hydrogen (secondary N) is 1. The van der Waals surface area contributed by atoms with Crippen molar-refractivity contribution in [3.63, 3.8) is 0 Å². The number of likely N-dealkylation sites (tertiary alicyclic amines) is 1. The van der Waals surface area contributed by atoms with Crippen LogP contribution in [-0.2, 0) is 17.4 Å². The number of hydrogen-bond donors (Lipinski definition) is 1. The number of amides is 1. The van der Waals surface area contributed by atoms with Crippen molar-refractivity contribution in [3.05, 3.63) is 35.4 Å². The normalized spacial score (nSPS) is 19.6. The number of nitrogens with zero attached hydrogens (tertiary/aromatic N) is 1. The highest BCUT2D eigenvalue weighted by atomic mass is 19.4. The summed E-state index contributed by atoms with van der Waals surface area (Å²) in [6, 6.07) is 5.10. The van der Waals surface area contributed by atoms with Crippen molar-refractivity contribution in [1.82, 2.24) is 10.2 Å². The van der Waals surface area contributed by atoms with Gasteiger partial charge >= 0.3 is 6.18 Å². The van der Waals surface area contributed by atoms with E-state index in [2.05, 4.69) is 5.32 Å². The van der Waals surface area contributed by atoms with Gasteiger partial charge in [0.25, 0.3) is 0 Å². The molecule has 116 valence electrons. The van der Waals surface area contributed by atoms with E-state index in [4.69, 9.17) is 0 Å². The molecule has 1 N–H and O–H groups in total. The Hall–Kier alpha value is -1.56. The van der Waals surface area contributed by atoms with Crippen LogP contribution in [0.15, 0.2) is 24.3 Å². The van der Waals surface area contributed by atoms with E-state index in [9.17, 15) is 18.0 Å². The van der Waals surface area contributed by atoms with Crippen molar-refractivity contribution < 1.29 is 18.0 Å². The molecule has 1 aromatic rings. The SMILES string of the molecule is CNC1CCCN(C(=O)Cc2ccc(C(F)(F)F)cc2)C1. The Morgan fingerprint density at radius 1 is 1.33 bits per heavy atom. The number of carbonyl (C=O) groups is 1. The standard InChI is InChI=1S/C15H19F3N2O/c1-19-13-3-2-8-20(10-13)14(21)9-11-4-6-12(7-5-11)15(16,17)18/h4-7,13,19H,2-3,8-10H2,1H3. The molecule has 0 saturated carbocycles. The Morgan fingerprint density at radius 2 is 2.00 bits per heavy atom. The molecule has 3 nitrogen and oxygen atoms in total. The van der Waals surface area contributed by atoms with E-state index < -0.39 is 11.7 Å². The van der Waals surface area contributed by atoms with Crippen molar-refractivity contribution in [2.24, 2.45) is 0 Å². The van der Waals surface area contributed by atoms with Crippen molar-refractivity contribution in [2.75, 3.05) is 20.1 Å². The van der Waals surface area contributed by atoms with Crippen LogP contribution in [0.3, 0.4) is 0 Å². The summed E-state index contributed by atoms with van der Waals surface area (Å²) in [6.07, 6.45) is -2.20. The van der Waals surface area contributed by atoms with Crippen LogP contribution >= 0.6 is 0 Å². The van der Waals surface area contributed by atoms with Gasteiger partial charge < -0.3 is 10.2 Å². The first-order valence-electron chi connectivity index (χ1n) is 7.01. The number of benzene rings is 1. The first kappa shape index (κ1) is 15.8. The second-order valence-corrected chi connectivity index (χ2v) is 5.34. The lowest BCUT2D eigenvalue weighted by Gasteiger charge is -2.32. The summed E-state index contributed by atoms with van der Waals surface area (Å²) in [5, 5.41) is 3.16. The number of halogens is 3. The third kappa shape index (κ3) is 4.20. The molecule has 21 heavy (non-hydrogen) atoms. The molecule has 0 aliphatic carbocycles. The molecule has 2 rings (SSSR count). The lowest BCUT2D eigenvalue weighted by atomic mass is 10.0. The van der Waals surface area contributed by atoms with E-state index >= 15 is 0 Å². The van der Waals surface area contributed by atoms with Crippen LogP contribution in [0.4, 0.5) is 13.2 Å². The zero-order valence-corrected chi connectivity index (χ0v) is 11.9. The molecule has 1 atom stereocenters. The first-order chi connectivity index (χ1) is 9.90. The van der Waals surface area contributed by atoms with E-state index in [0.29, 0.717) is 18.2 Å². The Kier molecular flexibility index (Phi) is 4.88. The van der Waals surface area contributed by atoms with Crippen LogP contribution in [0, 0.1) is 0 Å². The summed E-state index contributed by atoms with van der Waals surface area (Å²) < 4.78 is 37.4. The van der Waals surface area contributed by atoms with Crippen LogP contribution in [0.2, 0.25) is 0 Å². The molecule has 1 unspecified atom stereocenters. The van der Waals surface area contributed by atoms with Crippen LogP contribution in [0.25, 0.3) is 0 Å². The number of likely N-dealkylation sites (N-methyl/N-ethyl adjacent to an activating group) is 1. The summed E-state index contributed by atoms with van der Waals surface area (Å²) in [5.74, 6) is -0.0327. The average Bonchev–Trinajstić information content (AvgIpc) is 2.47. The van der Waals surface area contributed by atoms with E-state index in [1.807, 2.05) is 7.05 Å². The Bertz CT molecular complexity index is 485. The molecule has 0 aromatic heterocycles. The van der Waals surface area contributed by atoms with Gasteiger partial charge in [-0.05, 0) is 37.6 Å². The van der Waals surface area contributed by atoms with Crippen molar-refractivity contribution >= 4 is 5.91 Å². The predicted octanol–water partition coefficient (Wildman–Crippen LogP) is 2.46. The summed E-state index contributed by atoms with van der Waals surface area (Å²) in [6.45, 7) is 1.38. The number of carbonyl (C=O) groups excluding carboxylic acids is 1. The van der Waals surface area contributed by atoms with Gasteiger partial charge in [0.15, 0.2) is 0 Å². The molecule has 1 aliphatic heterocycles. The predicted molar refractivity (Wildman–Crippen MR) is 73.8 cm³/mol. The van der Waals surface area contributed by atoms with Gasteiger partial charge in [-0.25, -0.2) is 0 Å². The quantitative estimate of drug-likeness (QED) is 0.930. The summed E-state index contributed by atoms with van der Waals surface area (Å²) >= 11 is 0. The van der Waals surface area contributed by atoms with Crippen molar-refractivity contribution in [1.29, 1.82) is 0 Å². The number of hydrogen-bond acceptors (Lipinski definition) is 2. The molecule has 1 aromatic carbocycles.